The second-order valence-corrected chi connectivity index (χ2v) is 7.18. The van der Waals surface area contributed by atoms with E-state index >= 15 is 0 Å². The molecule has 0 bridgehead atoms. The van der Waals surface area contributed by atoms with Crippen LogP contribution < -0.4 is 10.5 Å². The van der Waals surface area contributed by atoms with Gasteiger partial charge in [-0.3, -0.25) is 4.79 Å². The van der Waals surface area contributed by atoms with Gasteiger partial charge in [0, 0.05) is 19.1 Å². The second-order valence-electron chi connectivity index (χ2n) is 5.40. The van der Waals surface area contributed by atoms with Crippen molar-refractivity contribution < 1.29 is 13.2 Å². The molecule has 3 N–H and O–H groups in total. The summed E-state index contributed by atoms with van der Waals surface area (Å²) in [6.45, 7) is 0.980. The standard InChI is InChI=1S/C14H21N3O3S/c1-21(19,20)16-12-8-5-9-17(10-12)14(18)13(15)11-6-3-2-4-7-11/h2-4,6-7,12-13,16H,5,8-10,15H2,1H3/t12?,13-/m1/s1. The summed E-state index contributed by atoms with van der Waals surface area (Å²) in [7, 11) is -3.26. The highest BCUT2D eigenvalue weighted by Crippen LogP contribution is 2.17. The van der Waals surface area contributed by atoms with Gasteiger partial charge in [-0.25, -0.2) is 13.1 Å². The third-order valence-electron chi connectivity index (χ3n) is 3.54. The molecule has 0 radical (unpaired) electrons. The van der Waals surface area contributed by atoms with Crippen LogP contribution in [0.15, 0.2) is 30.3 Å². The van der Waals surface area contributed by atoms with Crippen LogP contribution in [-0.2, 0) is 14.8 Å². The number of nitrogens with zero attached hydrogens (tertiary/aromatic N) is 1. The number of rotatable bonds is 4. The number of nitrogens with one attached hydrogen (secondary N) is 1. The Kier molecular flexibility index (Phi) is 4.97. The minimum Gasteiger partial charge on any atom is -0.339 e. The van der Waals surface area contributed by atoms with Crippen LogP contribution >= 0.6 is 0 Å². The van der Waals surface area contributed by atoms with E-state index in [0.29, 0.717) is 13.1 Å². The maximum absolute atomic E-state index is 12.4. The molecule has 1 heterocycles. The molecule has 7 heteroatoms. The van der Waals surface area contributed by atoms with Crippen molar-refractivity contribution in [2.45, 2.75) is 24.9 Å². The fourth-order valence-corrected chi connectivity index (χ4v) is 3.37. The maximum atomic E-state index is 12.4. The molecule has 0 aliphatic carbocycles. The van der Waals surface area contributed by atoms with Gasteiger partial charge in [-0.15, -0.1) is 0 Å². The molecule has 1 unspecified atom stereocenters. The Morgan fingerprint density at radius 1 is 1.38 bits per heavy atom. The van der Waals surface area contributed by atoms with Gasteiger partial charge < -0.3 is 10.6 Å². The van der Waals surface area contributed by atoms with Crippen molar-refractivity contribution in [1.29, 1.82) is 0 Å². The minimum atomic E-state index is -3.26. The van der Waals surface area contributed by atoms with E-state index in [-0.39, 0.29) is 11.9 Å². The molecule has 116 valence electrons. The fourth-order valence-electron chi connectivity index (χ4n) is 2.58. The molecule has 0 saturated carbocycles. The molecule has 2 rings (SSSR count). The monoisotopic (exact) mass is 311 g/mol. The first-order valence-corrected chi connectivity index (χ1v) is 8.82. The van der Waals surface area contributed by atoms with E-state index in [1.165, 1.54) is 0 Å². The summed E-state index contributed by atoms with van der Waals surface area (Å²) in [4.78, 5) is 14.1. The van der Waals surface area contributed by atoms with Crippen molar-refractivity contribution >= 4 is 15.9 Å². The van der Waals surface area contributed by atoms with Crippen LogP contribution in [-0.4, -0.2) is 44.6 Å². The minimum absolute atomic E-state index is 0.166. The zero-order valence-electron chi connectivity index (χ0n) is 12.0. The topological polar surface area (TPSA) is 92.5 Å². The van der Waals surface area contributed by atoms with E-state index < -0.39 is 16.1 Å². The molecule has 1 aromatic carbocycles. The van der Waals surface area contributed by atoms with E-state index in [9.17, 15) is 13.2 Å². The number of hydrogen-bond donors (Lipinski definition) is 2. The number of likely N-dealkylation sites (tertiary alicyclic amines) is 1. The first-order valence-electron chi connectivity index (χ1n) is 6.93. The highest BCUT2D eigenvalue weighted by molar-refractivity contribution is 7.88. The average molecular weight is 311 g/mol. The Labute approximate surface area is 125 Å². The number of carbonyl (C=O) groups is 1. The molecule has 1 aliphatic rings. The van der Waals surface area contributed by atoms with Gasteiger partial charge in [0.15, 0.2) is 0 Å². The van der Waals surface area contributed by atoms with Crippen LogP contribution in [0.1, 0.15) is 24.4 Å². The van der Waals surface area contributed by atoms with Crippen molar-refractivity contribution in [3.8, 4) is 0 Å². The summed E-state index contributed by atoms with van der Waals surface area (Å²) < 4.78 is 25.1. The van der Waals surface area contributed by atoms with Crippen molar-refractivity contribution in [2.24, 2.45) is 5.73 Å². The van der Waals surface area contributed by atoms with Gasteiger partial charge >= 0.3 is 0 Å². The number of benzene rings is 1. The summed E-state index contributed by atoms with van der Waals surface area (Å²) in [6, 6.07) is 8.24. The van der Waals surface area contributed by atoms with Crippen molar-refractivity contribution in [1.82, 2.24) is 9.62 Å². The zero-order valence-corrected chi connectivity index (χ0v) is 12.8. The summed E-state index contributed by atoms with van der Waals surface area (Å²) >= 11 is 0. The number of sulfonamides is 1. The van der Waals surface area contributed by atoms with Gasteiger partial charge in [-0.2, -0.15) is 0 Å². The summed E-state index contributed by atoms with van der Waals surface area (Å²) in [6.07, 6.45) is 2.63. The smallest absolute Gasteiger partial charge is 0.244 e. The lowest BCUT2D eigenvalue weighted by Gasteiger charge is -2.34. The molecule has 1 aliphatic heterocycles. The lowest BCUT2D eigenvalue weighted by atomic mass is 10.0. The van der Waals surface area contributed by atoms with Crippen LogP contribution in [0.3, 0.4) is 0 Å². The predicted octanol–water partition coefficient (Wildman–Crippen LogP) is 0.227. The number of hydrogen-bond acceptors (Lipinski definition) is 4. The Balaban J connectivity index is 2.02. The molecule has 0 aromatic heterocycles. The highest BCUT2D eigenvalue weighted by atomic mass is 32.2. The van der Waals surface area contributed by atoms with E-state index in [1.54, 1.807) is 4.90 Å². The Morgan fingerprint density at radius 2 is 2.05 bits per heavy atom. The predicted molar refractivity (Wildman–Crippen MR) is 81.0 cm³/mol. The van der Waals surface area contributed by atoms with Gasteiger partial charge in [-0.1, -0.05) is 30.3 Å². The summed E-state index contributed by atoms with van der Waals surface area (Å²) in [5.74, 6) is -0.166. The van der Waals surface area contributed by atoms with Gasteiger partial charge in [0.2, 0.25) is 15.9 Å². The lowest BCUT2D eigenvalue weighted by Crippen LogP contribution is -2.51. The summed E-state index contributed by atoms with van der Waals surface area (Å²) in [5.41, 5.74) is 6.78. The maximum Gasteiger partial charge on any atom is 0.244 e. The van der Waals surface area contributed by atoms with Gasteiger partial charge in [0.1, 0.15) is 6.04 Å². The van der Waals surface area contributed by atoms with Crippen LogP contribution in [0.4, 0.5) is 0 Å². The van der Waals surface area contributed by atoms with Crippen molar-refractivity contribution in [3.63, 3.8) is 0 Å². The first kappa shape index (κ1) is 15.9. The third kappa shape index (κ3) is 4.52. The largest absolute Gasteiger partial charge is 0.339 e. The second kappa shape index (κ2) is 6.55. The van der Waals surface area contributed by atoms with Gasteiger partial charge in [0.05, 0.1) is 6.26 Å². The molecule has 2 atom stereocenters. The van der Waals surface area contributed by atoms with Gasteiger partial charge in [-0.05, 0) is 18.4 Å². The van der Waals surface area contributed by atoms with E-state index in [2.05, 4.69) is 4.72 Å². The lowest BCUT2D eigenvalue weighted by molar-refractivity contribution is -0.134. The Hall–Kier alpha value is -1.44. The first-order chi connectivity index (χ1) is 9.87. The van der Waals surface area contributed by atoms with Crippen LogP contribution in [0.25, 0.3) is 0 Å². The Bertz CT molecular complexity index is 589. The molecule has 0 spiro atoms. The van der Waals surface area contributed by atoms with Crippen LogP contribution in [0, 0.1) is 0 Å². The summed E-state index contributed by atoms with van der Waals surface area (Å²) in [5, 5.41) is 0. The van der Waals surface area contributed by atoms with Crippen LogP contribution in [0.5, 0.6) is 0 Å². The Morgan fingerprint density at radius 3 is 2.67 bits per heavy atom. The fraction of sp³-hybridized carbons (Fsp3) is 0.500. The van der Waals surface area contributed by atoms with E-state index in [0.717, 1.165) is 24.7 Å². The molecular weight excluding hydrogens is 290 g/mol. The normalized spacial score (nSPS) is 21.0. The molecule has 1 amide bonds. The number of nitrogens with two attached hydrogens (primary N) is 1. The van der Waals surface area contributed by atoms with Crippen molar-refractivity contribution in [2.75, 3.05) is 19.3 Å². The number of carbonyl (C=O) groups excluding carboxylic acids is 1. The number of amides is 1. The van der Waals surface area contributed by atoms with E-state index in [1.807, 2.05) is 30.3 Å². The van der Waals surface area contributed by atoms with Crippen LogP contribution in [0.2, 0.25) is 0 Å². The zero-order chi connectivity index (χ0) is 15.5. The molecule has 1 fully saturated rings. The number of piperidine rings is 1. The average Bonchev–Trinajstić information content (AvgIpc) is 2.45. The van der Waals surface area contributed by atoms with Gasteiger partial charge in [0.25, 0.3) is 0 Å². The van der Waals surface area contributed by atoms with Crippen molar-refractivity contribution in [3.05, 3.63) is 35.9 Å². The third-order valence-corrected chi connectivity index (χ3v) is 4.30. The molecule has 21 heavy (non-hydrogen) atoms. The molecule has 1 saturated heterocycles. The SMILES string of the molecule is CS(=O)(=O)NC1CCCN(C(=O)[C@H](N)c2ccccc2)C1. The van der Waals surface area contributed by atoms with E-state index in [4.69, 9.17) is 5.73 Å². The molecule has 1 aromatic rings. The highest BCUT2D eigenvalue weighted by Gasteiger charge is 2.28. The molecule has 6 nitrogen and oxygen atoms in total. The quantitative estimate of drug-likeness (QED) is 0.832. The molecular formula is C14H21N3O3S.